The minimum atomic E-state index is 0.898. The molecule has 0 aliphatic carbocycles. The summed E-state index contributed by atoms with van der Waals surface area (Å²) in [5.74, 6) is 0. The van der Waals surface area contributed by atoms with Crippen molar-refractivity contribution >= 4 is 65.4 Å². The number of hydrogen-bond acceptors (Lipinski definition) is 2. The maximum absolute atomic E-state index is 6.34. The van der Waals surface area contributed by atoms with Crippen molar-refractivity contribution in [3.05, 3.63) is 84.9 Å². The molecule has 0 atom stereocenters. The molecule has 2 nitrogen and oxygen atoms in total. The summed E-state index contributed by atoms with van der Waals surface area (Å²) in [4.78, 5) is 0. The van der Waals surface area contributed by atoms with Crippen LogP contribution in [0, 0.1) is 0 Å². The van der Waals surface area contributed by atoms with Crippen LogP contribution >= 0.6 is 0 Å². The van der Waals surface area contributed by atoms with Crippen LogP contribution in [0.3, 0.4) is 0 Å². The molecule has 0 N–H and O–H groups in total. The van der Waals surface area contributed by atoms with Crippen LogP contribution in [0.25, 0.3) is 65.4 Å². The SMILES string of the molecule is c1ccc2c(c1)ccc1c3cc4oc5c6ccccc6ccc5c4cc3oc21. The topological polar surface area (TPSA) is 26.3 Å². The van der Waals surface area contributed by atoms with Gasteiger partial charge < -0.3 is 8.83 Å². The average molecular weight is 358 g/mol. The van der Waals surface area contributed by atoms with Crippen molar-refractivity contribution in [2.75, 3.05) is 0 Å². The lowest BCUT2D eigenvalue weighted by Gasteiger charge is -1.97. The molecule has 0 aliphatic heterocycles. The van der Waals surface area contributed by atoms with Crippen molar-refractivity contribution in [2.45, 2.75) is 0 Å². The predicted molar refractivity (Wildman–Crippen MR) is 116 cm³/mol. The van der Waals surface area contributed by atoms with Gasteiger partial charge in [-0.05, 0) is 35.0 Å². The Bertz CT molecular complexity index is 1580. The lowest BCUT2D eigenvalue weighted by Crippen LogP contribution is -1.72. The van der Waals surface area contributed by atoms with Crippen LogP contribution in [0.2, 0.25) is 0 Å². The molecule has 0 aliphatic rings. The van der Waals surface area contributed by atoms with Gasteiger partial charge in [-0.25, -0.2) is 0 Å². The van der Waals surface area contributed by atoms with Crippen molar-refractivity contribution in [1.82, 2.24) is 0 Å². The molecular formula is C26H14O2. The fraction of sp³-hybridized carbons (Fsp3) is 0. The molecule has 5 aromatic carbocycles. The van der Waals surface area contributed by atoms with E-state index in [4.69, 9.17) is 8.83 Å². The minimum absolute atomic E-state index is 0.898. The molecule has 0 bridgehead atoms. The van der Waals surface area contributed by atoms with Gasteiger partial charge in [0, 0.05) is 32.3 Å². The molecule has 2 aromatic heterocycles. The molecule has 130 valence electrons. The van der Waals surface area contributed by atoms with Crippen LogP contribution in [0.1, 0.15) is 0 Å². The van der Waals surface area contributed by atoms with E-state index < -0.39 is 0 Å². The third kappa shape index (κ3) is 1.72. The van der Waals surface area contributed by atoms with E-state index in [1.165, 1.54) is 10.8 Å². The molecule has 0 spiro atoms. The highest BCUT2D eigenvalue weighted by atomic mass is 16.3. The first-order valence-electron chi connectivity index (χ1n) is 9.45. The maximum Gasteiger partial charge on any atom is 0.143 e. The minimum Gasteiger partial charge on any atom is -0.455 e. The molecule has 0 saturated heterocycles. The first-order valence-corrected chi connectivity index (χ1v) is 9.45. The Balaban J connectivity index is 1.66. The Hall–Kier alpha value is -3.78. The Morgan fingerprint density at radius 3 is 1.36 bits per heavy atom. The van der Waals surface area contributed by atoms with Crippen molar-refractivity contribution in [2.24, 2.45) is 0 Å². The second-order valence-corrected chi connectivity index (χ2v) is 7.38. The van der Waals surface area contributed by atoms with Crippen LogP contribution in [0.4, 0.5) is 0 Å². The zero-order chi connectivity index (χ0) is 18.2. The Labute approximate surface area is 159 Å². The summed E-state index contributed by atoms with van der Waals surface area (Å²) in [6, 6.07) is 29.5. The van der Waals surface area contributed by atoms with Crippen molar-refractivity contribution in [3.8, 4) is 0 Å². The summed E-state index contributed by atoms with van der Waals surface area (Å²) in [5, 5.41) is 9.10. The van der Waals surface area contributed by atoms with E-state index in [9.17, 15) is 0 Å². The van der Waals surface area contributed by atoms with E-state index >= 15 is 0 Å². The van der Waals surface area contributed by atoms with E-state index in [0.717, 1.165) is 54.6 Å². The van der Waals surface area contributed by atoms with E-state index in [0.29, 0.717) is 0 Å². The molecule has 0 unspecified atom stereocenters. The molecule has 28 heavy (non-hydrogen) atoms. The largest absolute Gasteiger partial charge is 0.455 e. The zero-order valence-electron chi connectivity index (χ0n) is 14.9. The van der Waals surface area contributed by atoms with Crippen molar-refractivity contribution in [3.63, 3.8) is 0 Å². The first kappa shape index (κ1) is 14.3. The van der Waals surface area contributed by atoms with Gasteiger partial charge in [0.25, 0.3) is 0 Å². The number of hydrogen-bond donors (Lipinski definition) is 0. The summed E-state index contributed by atoms with van der Waals surface area (Å²) in [6.45, 7) is 0. The Morgan fingerprint density at radius 2 is 0.857 bits per heavy atom. The summed E-state index contributed by atoms with van der Waals surface area (Å²) >= 11 is 0. The lowest BCUT2D eigenvalue weighted by atomic mass is 10.0. The smallest absolute Gasteiger partial charge is 0.143 e. The van der Waals surface area contributed by atoms with Crippen LogP contribution in [0.15, 0.2) is 93.8 Å². The first-order chi connectivity index (χ1) is 13.9. The molecule has 0 fully saturated rings. The molecular weight excluding hydrogens is 344 g/mol. The predicted octanol–water partition coefficient (Wildman–Crippen LogP) is 7.79. The maximum atomic E-state index is 6.34. The molecule has 0 amide bonds. The van der Waals surface area contributed by atoms with Gasteiger partial charge in [-0.15, -0.1) is 0 Å². The van der Waals surface area contributed by atoms with Crippen LogP contribution < -0.4 is 0 Å². The van der Waals surface area contributed by atoms with Gasteiger partial charge in [0.05, 0.1) is 0 Å². The highest BCUT2D eigenvalue weighted by Gasteiger charge is 2.15. The van der Waals surface area contributed by atoms with Crippen LogP contribution in [-0.4, -0.2) is 0 Å². The van der Waals surface area contributed by atoms with Crippen LogP contribution in [-0.2, 0) is 0 Å². The molecule has 7 aromatic rings. The van der Waals surface area contributed by atoms with Gasteiger partial charge >= 0.3 is 0 Å². The Kier molecular flexibility index (Phi) is 2.52. The van der Waals surface area contributed by atoms with E-state index in [2.05, 4.69) is 84.9 Å². The third-order valence-corrected chi connectivity index (χ3v) is 5.85. The van der Waals surface area contributed by atoms with Gasteiger partial charge in [-0.2, -0.15) is 0 Å². The lowest BCUT2D eigenvalue weighted by molar-refractivity contribution is 0.667. The van der Waals surface area contributed by atoms with Gasteiger partial charge in [0.1, 0.15) is 22.3 Å². The summed E-state index contributed by atoms with van der Waals surface area (Å²) in [7, 11) is 0. The van der Waals surface area contributed by atoms with Gasteiger partial charge in [-0.3, -0.25) is 0 Å². The average Bonchev–Trinajstić information content (AvgIpc) is 3.30. The number of fused-ring (bicyclic) bond motifs is 10. The summed E-state index contributed by atoms with van der Waals surface area (Å²) < 4.78 is 12.7. The van der Waals surface area contributed by atoms with E-state index in [1.54, 1.807) is 0 Å². The quantitative estimate of drug-likeness (QED) is 0.276. The van der Waals surface area contributed by atoms with Crippen molar-refractivity contribution < 1.29 is 8.83 Å². The highest BCUT2D eigenvalue weighted by molar-refractivity contribution is 6.21. The normalized spacial score (nSPS) is 12.3. The molecule has 2 heteroatoms. The van der Waals surface area contributed by atoms with Gasteiger partial charge in [-0.1, -0.05) is 60.7 Å². The summed E-state index contributed by atoms with van der Waals surface area (Å²) in [5.41, 5.74) is 3.68. The van der Waals surface area contributed by atoms with E-state index in [-0.39, 0.29) is 0 Å². The highest BCUT2D eigenvalue weighted by Crippen LogP contribution is 2.40. The molecule has 0 radical (unpaired) electrons. The third-order valence-electron chi connectivity index (χ3n) is 5.85. The van der Waals surface area contributed by atoms with Gasteiger partial charge in [0.2, 0.25) is 0 Å². The molecule has 7 rings (SSSR count). The summed E-state index contributed by atoms with van der Waals surface area (Å²) in [6.07, 6.45) is 0. The fourth-order valence-electron chi connectivity index (χ4n) is 4.50. The molecule has 2 heterocycles. The second-order valence-electron chi connectivity index (χ2n) is 7.38. The zero-order valence-corrected chi connectivity index (χ0v) is 14.9. The van der Waals surface area contributed by atoms with E-state index in [1.807, 2.05) is 0 Å². The number of furan rings is 2. The fourth-order valence-corrected chi connectivity index (χ4v) is 4.50. The second kappa shape index (κ2) is 4.93. The number of rotatable bonds is 0. The molecule has 0 saturated carbocycles. The Morgan fingerprint density at radius 1 is 0.393 bits per heavy atom. The van der Waals surface area contributed by atoms with Crippen LogP contribution in [0.5, 0.6) is 0 Å². The standard InChI is InChI=1S/C26H14O2/c1-3-7-17-15(5-1)9-11-19-21-13-24-22(14-23(21)27-25(17)19)20-12-10-16-6-2-4-8-18(16)26(20)28-24/h1-14H. The number of benzene rings is 5. The van der Waals surface area contributed by atoms with Gasteiger partial charge in [0.15, 0.2) is 0 Å². The monoisotopic (exact) mass is 358 g/mol. The van der Waals surface area contributed by atoms with Crippen molar-refractivity contribution in [1.29, 1.82) is 0 Å².